The molecule has 1 aliphatic rings. The lowest BCUT2D eigenvalue weighted by Gasteiger charge is -2.33. The molecule has 15 heteroatoms. The molecule has 2 heterocycles. The van der Waals surface area contributed by atoms with Crippen LogP contribution in [0, 0.1) is 5.92 Å². The molecule has 1 amide bonds. The van der Waals surface area contributed by atoms with Crippen molar-refractivity contribution in [2.45, 2.75) is 38.3 Å². The van der Waals surface area contributed by atoms with E-state index < -0.39 is 51.4 Å². The summed E-state index contributed by atoms with van der Waals surface area (Å²) < 4.78 is 79.1. The van der Waals surface area contributed by atoms with E-state index >= 15 is 0 Å². The number of hydrogen-bond donors (Lipinski definition) is 1. The molecule has 4 rings (SSSR count). The first-order chi connectivity index (χ1) is 21.0. The van der Waals surface area contributed by atoms with Gasteiger partial charge in [-0.3, -0.25) is 9.59 Å². The van der Waals surface area contributed by atoms with Crippen LogP contribution in [0.1, 0.15) is 41.6 Å². The van der Waals surface area contributed by atoms with Gasteiger partial charge in [0.05, 0.1) is 6.61 Å². The minimum absolute atomic E-state index is 0.0337. The average Bonchev–Trinajstić information content (AvgIpc) is 3.00. The topological polar surface area (TPSA) is 137 Å². The predicted octanol–water partition coefficient (Wildman–Crippen LogP) is 4.04. The molecule has 0 saturated carbocycles. The smallest absolute Gasteiger partial charge is 0.481 e. The molecule has 0 radical (unpaired) electrons. The van der Waals surface area contributed by atoms with Gasteiger partial charge in [0.2, 0.25) is 5.75 Å². The van der Waals surface area contributed by atoms with E-state index in [1.54, 1.807) is 37.3 Å². The summed E-state index contributed by atoms with van der Waals surface area (Å²) in [6, 6.07) is 18.1. The van der Waals surface area contributed by atoms with Gasteiger partial charge < -0.3 is 23.9 Å². The number of nitrogens with zero attached hydrogens (tertiary/aromatic N) is 3. The largest absolute Gasteiger partial charge is 0.534 e. The number of piperidine rings is 1. The highest BCUT2D eigenvalue weighted by Crippen LogP contribution is 2.35. The van der Waals surface area contributed by atoms with E-state index in [1.807, 2.05) is 30.3 Å². The third kappa shape index (κ3) is 8.58. The fourth-order valence-electron chi connectivity index (χ4n) is 4.53. The summed E-state index contributed by atoms with van der Waals surface area (Å²) in [5.74, 6) is -3.78. The van der Waals surface area contributed by atoms with Crippen LogP contribution in [-0.2, 0) is 32.7 Å². The molecule has 3 aromatic rings. The third-order valence-electron chi connectivity index (χ3n) is 6.70. The Morgan fingerprint density at radius 2 is 1.64 bits per heavy atom. The van der Waals surface area contributed by atoms with Crippen molar-refractivity contribution in [2.24, 2.45) is 5.92 Å². The summed E-state index contributed by atoms with van der Waals surface area (Å²) in [6.45, 7) is 2.12. The van der Waals surface area contributed by atoms with Crippen LogP contribution in [0.2, 0.25) is 0 Å². The molecule has 0 spiro atoms. The molecular weight excluding hydrogens is 605 g/mol. The first kappa shape index (κ1) is 32.5. The second-order valence-electron chi connectivity index (χ2n) is 9.84. The van der Waals surface area contributed by atoms with E-state index in [9.17, 15) is 31.2 Å². The van der Waals surface area contributed by atoms with Crippen molar-refractivity contribution in [3.05, 3.63) is 77.7 Å². The van der Waals surface area contributed by atoms with Crippen LogP contribution in [0.25, 0.3) is 0 Å². The number of carbonyl (C=O) groups is 2. The lowest BCUT2D eigenvalue weighted by molar-refractivity contribution is -0.141. The molecule has 1 aliphatic heterocycles. The van der Waals surface area contributed by atoms with Gasteiger partial charge in [0, 0.05) is 25.2 Å². The van der Waals surface area contributed by atoms with E-state index in [0.29, 0.717) is 31.5 Å². The fourth-order valence-corrected chi connectivity index (χ4v) is 4.94. The molecule has 1 fully saturated rings. The van der Waals surface area contributed by atoms with Crippen LogP contribution in [0.15, 0.2) is 60.7 Å². The van der Waals surface area contributed by atoms with Gasteiger partial charge in [-0.1, -0.05) is 48.5 Å². The number of benzene rings is 2. The molecule has 0 bridgehead atoms. The fraction of sp³-hybridized carbons (Fsp3) is 0.379. The number of alkyl halides is 3. The van der Waals surface area contributed by atoms with Crippen molar-refractivity contribution in [1.29, 1.82) is 0 Å². The third-order valence-corrected chi connectivity index (χ3v) is 7.64. The summed E-state index contributed by atoms with van der Waals surface area (Å²) in [5.41, 5.74) is -4.78. The Kier molecular flexibility index (Phi) is 10.6. The Morgan fingerprint density at radius 1 is 1.00 bits per heavy atom. The highest BCUT2D eigenvalue weighted by molar-refractivity contribution is 7.88. The lowest BCUT2D eigenvalue weighted by atomic mass is 9.93. The lowest BCUT2D eigenvalue weighted by Crippen LogP contribution is -2.35. The quantitative estimate of drug-likeness (QED) is 0.176. The average molecular weight is 637 g/mol. The molecule has 44 heavy (non-hydrogen) atoms. The Morgan fingerprint density at radius 3 is 2.25 bits per heavy atom. The Labute approximate surface area is 252 Å². The van der Waals surface area contributed by atoms with Gasteiger partial charge in [-0.05, 0) is 43.4 Å². The molecule has 1 N–H and O–H groups in total. The maximum atomic E-state index is 13.4. The van der Waals surface area contributed by atoms with Crippen molar-refractivity contribution in [1.82, 2.24) is 15.3 Å². The number of nitrogens with one attached hydrogen (secondary N) is 1. The van der Waals surface area contributed by atoms with Crippen LogP contribution in [0.3, 0.4) is 0 Å². The zero-order valence-corrected chi connectivity index (χ0v) is 24.6. The number of para-hydroxylation sites is 1. The summed E-state index contributed by atoms with van der Waals surface area (Å²) in [6.07, 6.45) is 1.46. The Bertz CT molecular complexity index is 1530. The molecule has 2 aromatic carbocycles. The number of hydrogen-bond acceptors (Lipinski definition) is 10. The van der Waals surface area contributed by atoms with Gasteiger partial charge in [0.1, 0.15) is 19.0 Å². The second-order valence-corrected chi connectivity index (χ2v) is 11.4. The van der Waals surface area contributed by atoms with E-state index in [2.05, 4.69) is 24.4 Å². The number of carbonyl (C=O) groups excluding carboxylic acids is 2. The van der Waals surface area contributed by atoms with Crippen LogP contribution in [0.4, 0.5) is 18.9 Å². The van der Waals surface area contributed by atoms with Crippen LogP contribution >= 0.6 is 0 Å². The summed E-state index contributed by atoms with van der Waals surface area (Å²) in [5, 5.41) is 2.28. The van der Waals surface area contributed by atoms with Gasteiger partial charge in [0.25, 0.3) is 11.8 Å². The number of halogens is 3. The normalized spacial score (nSPS) is 14.1. The van der Waals surface area contributed by atoms with E-state index in [1.165, 1.54) is 0 Å². The molecule has 11 nitrogen and oxygen atoms in total. The van der Waals surface area contributed by atoms with Crippen LogP contribution in [-0.4, -0.2) is 62.0 Å². The van der Waals surface area contributed by atoms with Gasteiger partial charge in [-0.2, -0.15) is 26.6 Å². The van der Waals surface area contributed by atoms with Crippen molar-refractivity contribution in [3.8, 4) is 11.6 Å². The first-order valence-corrected chi connectivity index (χ1v) is 15.2. The number of ether oxygens (including phenoxy) is 2. The number of rotatable bonds is 12. The SMILES string of the molecule is CCOC(=O)CNC(=O)c1nc(CC2CCN(c3ccccc3)CC2)nc(OS(=O)(=O)C(F)(F)F)c1OCc1ccccc1. The molecule has 236 valence electrons. The van der Waals surface area contributed by atoms with E-state index in [0.717, 1.165) is 5.69 Å². The van der Waals surface area contributed by atoms with Crippen molar-refractivity contribution >= 4 is 27.7 Å². The summed E-state index contributed by atoms with van der Waals surface area (Å²) >= 11 is 0. The molecule has 1 aromatic heterocycles. The monoisotopic (exact) mass is 636 g/mol. The highest BCUT2D eigenvalue weighted by atomic mass is 32.2. The number of aromatic nitrogens is 2. The van der Waals surface area contributed by atoms with E-state index in [-0.39, 0.29) is 31.4 Å². The zero-order valence-electron chi connectivity index (χ0n) is 23.7. The van der Waals surface area contributed by atoms with Crippen LogP contribution in [0.5, 0.6) is 11.6 Å². The molecule has 0 unspecified atom stereocenters. The number of esters is 1. The van der Waals surface area contributed by atoms with Crippen molar-refractivity contribution in [3.63, 3.8) is 0 Å². The maximum Gasteiger partial charge on any atom is 0.534 e. The number of amides is 1. The van der Waals surface area contributed by atoms with Crippen molar-refractivity contribution in [2.75, 3.05) is 31.1 Å². The highest BCUT2D eigenvalue weighted by Gasteiger charge is 2.49. The Balaban J connectivity index is 1.67. The van der Waals surface area contributed by atoms with E-state index in [4.69, 9.17) is 9.47 Å². The minimum Gasteiger partial charge on any atom is -0.481 e. The van der Waals surface area contributed by atoms with Gasteiger partial charge >= 0.3 is 21.6 Å². The van der Waals surface area contributed by atoms with Gasteiger partial charge in [-0.15, -0.1) is 0 Å². The van der Waals surface area contributed by atoms with Gasteiger partial charge in [-0.25, -0.2) is 4.98 Å². The Hall–Kier alpha value is -4.40. The first-order valence-electron chi connectivity index (χ1n) is 13.8. The number of anilines is 1. The molecular formula is C29H31F3N4O7S. The molecule has 0 atom stereocenters. The second kappa shape index (κ2) is 14.4. The van der Waals surface area contributed by atoms with Crippen molar-refractivity contribution < 1.29 is 44.8 Å². The van der Waals surface area contributed by atoms with Gasteiger partial charge in [0.15, 0.2) is 5.69 Å². The van der Waals surface area contributed by atoms with Crippen LogP contribution < -0.4 is 19.1 Å². The zero-order chi connectivity index (χ0) is 31.7. The standard InChI is InChI=1S/C29H31F3N4O7S/c1-2-41-24(37)18-33-27(38)25-26(42-19-21-9-5-3-6-10-21)28(43-44(39,40)29(30,31)32)35-23(34-25)17-20-13-15-36(16-14-20)22-11-7-4-8-12-22/h3-12,20H,2,13-19H2,1H3,(H,33,38). The maximum absolute atomic E-state index is 13.4. The summed E-state index contributed by atoms with van der Waals surface area (Å²) in [4.78, 5) is 35.5. The molecule has 1 saturated heterocycles. The minimum atomic E-state index is -6.20. The summed E-state index contributed by atoms with van der Waals surface area (Å²) in [7, 11) is -6.20. The molecule has 0 aliphatic carbocycles. The predicted molar refractivity (Wildman–Crippen MR) is 152 cm³/mol.